The minimum atomic E-state index is -0.480. The third kappa shape index (κ3) is 3.80. The predicted octanol–water partition coefficient (Wildman–Crippen LogP) is 2.30. The van der Waals surface area contributed by atoms with E-state index in [1.807, 2.05) is 32.0 Å². The van der Waals surface area contributed by atoms with Crippen LogP contribution in [0.2, 0.25) is 1.41 Å². The summed E-state index contributed by atoms with van der Waals surface area (Å²) in [4.78, 5) is 29.6. The fourth-order valence-electron chi connectivity index (χ4n) is 2.85. The number of carbonyl (C=O) groups excluding carboxylic acids is 2. The number of anilines is 1. The predicted molar refractivity (Wildman–Crippen MR) is 106 cm³/mol. The fraction of sp³-hybridized carbons (Fsp3) is 0.300. The second kappa shape index (κ2) is 7.67. The maximum absolute atomic E-state index is 12.2. The Hall–Kier alpha value is -3.42. The van der Waals surface area contributed by atoms with Crippen molar-refractivity contribution in [3.63, 3.8) is 0 Å². The first-order valence-corrected chi connectivity index (χ1v) is 8.74. The number of nitrogens with zero attached hydrogens (tertiary/aromatic N) is 4. The third-order valence-electron chi connectivity index (χ3n) is 4.33. The van der Waals surface area contributed by atoms with Crippen LogP contribution in [0.25, 0.3) is 16.9 Å². The van der Waals surface area contributed by atoms with E-state index in [1.54, 1.807) is 30.7 Å². The van der Waals surface area contributed by atoms with Crippen LogP contribution in [0.3, 0.4) is 0 Å². The van der Waals surface area contributed by atoms with Crippen LogP contribution in [0.15, 0.2) is 30.3 Å². The van der Waals surface area contributed by atoms with Crippen molar-refractivity contribution in [2.75, 3.05) is 33.1 Å². The van der Waals surface area contributed by atoms with Crippen LogP contribution in [-0.2, 0) is 9.53 Å². The molecule has 0 aliphatic rings. The molecule has 0 spiro atoms. The molecule has 1 N–H and O–H groups in total. The molecule has 2 aromatic heterocycles. The minimum Gasteiger partial charge on any atom is -0.468 e. The van der Waals surface area contributed by atoms with Crippen LogP contribution in [0.4, 0.5) is 5.69 Å². The largest absolute Gasteiger partial charge is 0.468 e. The lowest BCUT2D eigenvalue weighted by Crippen LogP contribution is -2.23. The first-order chi connectivity index (χ1) is 13.7. The van der Waals surface area contributed by atoms with Gasteiger partial charge in [0.25, 0.3) is 5.91 Å². The van der Waals surface area contributed by atoms with Gasteiger partial charge in [0.1, 0.15) is 12.2 Å². The minimum absolute atomic E-state index is 0.157. The molecule has 0 radical (unpaired) electrons. The van der Waals surface area contributed by atoms with Gasteiger partial charge in [0.15, 0.2) is 7.06 Å². The zero-order valence-electron chi connectivity index (χ0n) is 17.6. The number of methoxy groups -OCH3 is 1. The number of hydrogen-bond donors (Lipinski definition) is 1. The number of hydrogen-bond acceptors (Lipinski definition) is 6. The van der Waals surface area contributed by atoms with Crippen LogP contribution >= 0.6 is 0 Å². The number of aryl methyl sites for hydroxylation is 2. The van der Waals surface area contributed by atoms with E-state index >= 15 is 0 Å². The van der Waals surface area contributed by atoms with Gasteiger partial charge in [-0.25, -0.2) is 9.50 Å². The number of esters is 1. The molecule has 146 valence electrons. The standard InChI is InChI=1S/C20H23N5O3/c1-12-8-14(21-11-19(26)28-5)6-7-15(12)16-10-18-22-17(20(27)24(3)4)9-13(2)25(18)23-16/h6-10,21H,11H2,1-5H3/i/hD. The lowest BCUT2D eigenvalue weighted by molar-refractivity contribution is -0.138. The van der Waals surface area contributed by atoms with Crippen LogP contribution in [0.1, 0.15) is 21.7 Å². The second-order valence-electron chi connectivity index (χ2n) is 6.67. The summed E-state index contributed by atoms with van der Waals surface area (Å²) >= 11 is 0. The summed E-state index contributed by atoms with van der Waals surface area (Å²) in [6.07, 6.45) is 0. The fourth-order valence-corrected chi connectivity index (χ4v) is 2.85. The number of fused-ring (bicyclic) bond motifs is 1. The maximum atomic E-state index is 12.2. The summed E-state index contributed by atoms with van der Waals surface area (Å²) in [5.41, 5.74) is 4.82. The summed E-state index contributed by atoms with van der Waals surface area (Å²) in [6, 6.07) is 8.97. The van der Waals surface area contributed by atoms with Gasteiger partial charge in [-0.3, -0.25) is 9.59 Å². The molecule has 0 bridgehead atoms. The molecule has 0 atom stereocenters. The molecule has 0 unspecified atom stereocenters. The van der Waals surface area contributed by atoms with Gasteiger partial charge in [-0.1, -0.05) is 6.07 Å². The maximum Gasteiger partial charge on any atom is 0.325 e. The quantitative estimate of drug-likeness (QED) is 0.681. The molecule has 8 heteroatoms. The summed E-state index contributed by atoms with van der Waals surface area (Å²) in [5.74, 6) is -0.647. The van der Waals surface area contributed by atoms with Crippen molar-refractivity contribution in [1.82, 2.24) is 19.5 Å². The molecule has 3 aromatic rings. The zero-order valence-corrected chi connectivity index (χ0v) is 16.6. The Balaban J connectivity index is 1.97. The highest BCUT2D eigenvalue weighted by Gasteiger charge is 2.15. The van der Waals surface area contributed by atoms with Gasteiger partial charge in [-0.05, 0) is 37.6 Å². The lowest BCUT2D eigenvalue weighted by atomic mass is 10.1. The van der Waals surface area contributed by atoms with Crippen LogP contribution in [-0.4, -0.2) is 59.1 Å². The van der Waals surface area contributed by atoms with Gasteiger partial charge in [0.05, 0.1) is 12.8 Å². The van der Waals surface area contributed by atoms with Gasteiger partial charge in [-0.15, -0.1) is 0 Å². The Morgan fingerprint density at radius 3 is 2.64 bits per heavy atom. The van der Waals surface area contributed by atoms with Crippen molar-refractivity contribution >= 4 is 23.2 Å². The van der Waals surface area contributed by atoms with Gasteiger partial charge >= 0.3 is 5.97 Å². The van der Waals surface area contributed by atoms with Crippen molar-refractivity contribution in [3.05, 3.63) is 47.3 Å². The molecule has 1 amide bonds. The van der Waals surface area contributed by atoms with E-state index in [0.717, 1.165) is 22.1 Å². The molecule has 0 aliphatic heterocycles. The summed E-state index contributed by atoms with van der Waals surface area (Å²) < 4.78 is 14.3. The van der Waals surface area contributed by atoms with E-state index in [9.17, 15) is 9.59 Å². The number of amides is 1. The molecule has 0 aliphatic carbocycles. The van der Waals surface area contributed by atoms with Crippen LogP contribution in [0.5, 0.6) is 0 Å². The van der Waals surface area contributed by atoms with Gasteiger partial charge in [0, 0.05) is 37.1 Å². The van der Waals surface area contributed by atoms with Gasteiger partial charge in [-0.2, -0.15) is 5.10 Å². The Morgan fingerprint density at radius 2 is 2.00 bits per heavy atom. The van der Waals surface area contributed by atoms with E-state index in [0.29, 0.717) is 22.7 Å². The Kier molecular flexibility index (Phi) is 4.92. The Labute approximate surface area is 164 Å². The number of ether oxygens (including phenoxy) is 1. The monoisotopic (exact) mass is 382 g/mol. The molecule has 3 rings (SSSR count). The summed E-state index contributed by atoms with van der Waals surface area (Å²) in [5, 5.41) is 5.70. The number of carbonyl (C=O) groups is 2. The van der Waals surface area contributed by atoms with Crippen molar-refractivity contribution in [2.24, 2.45) is 0 Å². The van der Waals surface area contributed by atoms with E-state index in [-0.39, 0.29) is 12.5 Å². The average molecular weight is 382 g/mol. The Bertz CT molecular complexity index is 1090. The highest BCUT2D eigenvalue weighted by molar-refractivity contribution is 5.92. The lowest BCUT2D eigenvalue weighted by Gasteiger charge is -2.10. The number of benzene rings is 1. The van der Waals surface area contributed by atoms with Crippen molar-refractivity contribution in [1.29, 1.82) is 0 Å². The SMILES string of the molecule is [2H]N(CC(=O)OC)c1ccc(-c2cc3nc(C(=O)N(C)C)cc(C)n3n2)c(C)c1. The summed E-state index contributed by atoms with van der Waals surface area (Å²) in [6.45, 7) is 3.63. The normalized spacial score (nSPS) is 11.2. The van der Waals surface area contributed by atoms with E-state index < -0.39 is 5.97 Å². The molecule has 0 saturated carbocycles. The molecule has 0 fully saturated rings. The molecule has 2 heterocycles. The van der Waals surface area contributed by atoms with Crippen molar-refractivity contribution in [2.45, 2.75) is 13.8 Å². The molecule has 0 saturated heterocycles. The highest BCUT2D eigenvalue weighted by Crippen LogP contribution is 2.26. The topological polar surface area (TPSA) is 88.8 Å². The van der Waals surface area contributed by atoms with E-state index in [4.69, 9.17) is 1.41 Å². The van der Waals surface area contributed by atoms with Crippen LogP contribution < -0.4 is 5.31 Å². The first-order valence-electron chi connectivity index (χ1n) is 9.19. The number of aromatic nitrogens is 3. The Morgan fingerprint density at radius 1 is 1.25 bits per heavy atom. The zero-order chi connectivity index (χ0) is 21.3. The molecular weight excluding hydrogens is 358 g/mol. The molecule has 8 nitrogen and oxygen atoms in total. The molecular formula is C20H23N5O3. The number of rotatable bonds is 5. The van der Waals surface area contributed by atoms with Gasteiger partial charge in [0.2, 0.25) is 0 Å². The van der Waals surface area contributed by atoms with Gasteiger partial charge < -0.3 is 14.9 Å². The van der Waals surface area contributed by atoms with Crippen molar-refractivity contribution < 1.29 is 15.7 Å². The molecule has 28 heavy (non-hydrogen) atoms. The smallest absolute Gasteiger partial charge is 0.325 e. The van der Waals surface area contributed by atoms with Crippen LogP contribution in [0, 0.1) is 13.8 Å². The highest BCUT2D eigenvalue weighted by atomic mass is 16.5. The first kappa shape index (κ1) is 18.0. The average Bonchev–Trinajstić information content (AvgIpc) is 3.11. The third-order valence-corrected chi connectivity index (χ3v) is 4.33. The van der Waals surface area contributed by atoms with Crippen molar-refractivity contribution in [3.8, 4) is 11.3 Å². The van der Waals surface area contributed by atoms with E-state index in [1.165, 1.54) is 12.0 Å². The molecule has 1 aromatic carbocycles. The number of nitrogens with one attached hydrogen (secondary N) is 1. The summed E-state index contributed by atoms with van der Waals surface area (Å²) in [7, 11) is 4.67. The second-order valence-corrected chi connectivity index (χ2v) is 6.67. The van der Waals surface area contributed by atoms with E-state index in [2.05, 4.69) is 14.8 Å².